The topological polar surface area (TPSA) is 50.1 Å². The fourth-order valence-electron chi connectivity index (χ4n) is 1.20. The van der Waals surface area contributed by atoms with E-state index in [4.69, 9.17) is 10.00 Å². The number of aryl methyl sites for hydroxylation is 1. The molecule has 0 atom stereocenters. The van der Waals surface area contributed by atoms with E-state index in [9.17, 15) is 4.79 Å². The van der Waals surface area contributed by atoms with E-state index in [1.165, 1.54) is 7.11 Å². The average Bonchev–Trinajstić information content (AvgIpc) is 2.16. The van der Waals surface area contributed by atoms with Gasteiger partial charge < -0.3 is 4.74 Å². The molecular formula is C10H9NO2. The first-order chi connectivity index (χ1) is 6.22. The van der Waals surface area contributed by atoms with Gasteiger partial charge in [-0.05, 0) is 24.6 Å². The van der Waals surface area contributed by atoms with E-state index in [0.29, 0.717) is 23.2 Å². The second-order valence-corrected chi connectivity index (χ2v) is 2.66. The summed E-state index contributed by atoms with van der Waals surface area (Å²) in [5.74, 6) is 0.350. The largest absolute Gasteiger partial charge is 0.495 e. The summed E-state index contributed by atoms with van der Waals surface area (Å²) in [5.41, 5.74) is 1.68. The summed E-state index contributed by atoms with van der Waals surface area (Å²) >= 11 is 0. The molecular weight excluding hydrogens is 166 g/mol. The number of nitriles is 1. The molecule has 66 valence electrons. The SMILES string of the molecule is COc1c(C#N)cc(C)cc1C=O. The van der Waals surface area contributed by atoms with Crippen molar-refractivity contribution in [1.29, 1.82) is 5.26 Å². The molecule has 0 unspecified atom stereocenters. The Labute approximate surface area is 76.6 Å². The number of carbonyl (C=O) groups excluding carboxylic acids is 1. The minimum Gasteiger partial charge on any atom is -0.495 e. The van der Waals surface area contributed by atoms with E-state index >= 15 is 0 Å². The van der Waals surface area contributed by atoms with E-state index in [1.54, 1.807) is 12.1 Å². The third kappa shape index (κ3) is 1.67. The molecule has 3 heteroatoms. The summed E-state index contributed by atoms with van der Waals surface area (Å²) in [6.45, 7) is 1.83. The first-order valence-electron chi connectivity index (χ1n) is 3.77. The van der Waals surface area contributed by atoms with Crippen LogP contribution < -0.4 is 4.74 Å². The second kappa shape index (κ2) is 3.72. The molecule has 0 bridgehead atoms. The van der Waals surface area contributed by atoms with Crippen LogP contribution in [0.3, 0.4) is 0 Å². The molecule has 13 heavy (non-hydrogen) atoms. The summed E-state index contributed by atoms with van der Waals surface area (Å²) in [4.78, 5) is 10.6. The predicted octanol–water partition coefficient (Wildman–Crippen LogP) is 1.69. The van der Waals surface area contributed by atoms with Gasteiger partial charge in [0, 0.05) is 0 Å². The van der Waals surface area contributed by atoms with Gasteiger partial charge in [0.2, 0.25) is 0 Å². The Bertz CT molecular complexity index is 377. The van der Waals surface area contributed by atoms with Crippen LogP contribution >= 0.6 is 0 Å². The van der Waals surface area contributed by atoms with E-state index in [1.807, 2.05) is 13.0 Å². The third-order valence-corrected chi connectivity index (χ3v) is 1.71. The molecule has 3 nitrogen and oxygen atoms in total. The van der Waals surface area contributed by atoms with Gasteiger partial charge in [0.05, 0.1) is 18.2 Å². The van der Waals surface area contributed by atoms with Crippen LogP contribution in [0.2, 0.25) is 0 Å². The summed E-state index contributed by atoms with van der Waals surface area (Å²) < 4.78 is 4.96. The van der Waals surface area contributed by atoms with Crippen molar-refractivity contribution in [3.05, 3.63) is 28.8 Å². The van der Waals surface area contributed by atoms with Crippen molar-refractivity contribution in [3.8, 4) is 11.8 Å². The van der Waals surface area contributed by atoms with Gasteiger partial charge in [-0.1, -0.05) is 0 Å². The van der Waals surface area contributed by atoms with E-state index in [-0.39, 0.29) is 0 Å². The lowest BCUT2D eigenvalue weighted by Crippen LogP contribution is -1.95. The van der Waals surface area contributed by atoms with Crippen LogP contribution in [0.1, 0.15) is 21.5 Å². The molecule has 0 spiro atoms. The van der Waals surface area contributed by atoms with Crippen molar-refractivity contribution in [1.82, 2.24) is 0 Å². The minimum absolute atomic E-state index is 0.350. The Kier molecular flexibility index (Phi) is 2.65. The second-order valence-electron chi connectivity index (χ2n) is 2.66. The number of hydrogen-bond donors (Lipinski definition) is 0. The number of ether oxygens (including phenoxy) is 1. The Balaban J connectivity index is 3.44. The average molecular weight is 175 g/mol. The summed E-state index contributed by atoms with van der Waals surface area (Å²) in [5, 5.41) is 8.75. The van der Waals surface area contributed by atoms with Crippen molar-refractivity contribution >= 4 is 6.29 Å². The quantitative estimate of drug-likeness (QED) is 0.642. The molecule has 0 amide bonds. The van der Waals surface area contributed by atoms with Crippen molar-refractivity contribution in [2.24, 2.45) is 0 Å². The number of nitrogens with zero attached hydrogens (tertiary/aromatic N) is 1. The minimum atomic E-state index is 0.350. The van der Waals surface area contributed by atoms with Crippen LogP contribution in [-0.4, -0.2) is 13.4 Å². The lowest BCUT2D eigenvalue weighted by Gasteiger charge is -2.06. The number of rotatable bonds is 2. The smallest absolute Gasteiger partial charge is 0.153 e. The van der Waals surface area contributed by atoms with Crippen molar-refractivity contribution < 1.29 is 9.53 Å². The van der Waals surface area contributed by atoms with Crippen molar-refractivity contribution in [3.63, 3.8) is 0 Å². The monoisotopic (exact) mass is 175 g/mol. The van der Waals surface area contributed by atoms with Crippen LogP contribution in [0.15, 0.2) is 12.1 Å². The molecule has 1 aromatic carbocycles. The van der Waals surface area contributed by atoms with Gasteiger partial charge in [0.25, 0.3) is 0 Å². The molecule has 0 aromatic heterocycles. The van der Waals surface area contributed by atoms with Gasteiger partial charge in [0.15, 0.2) is 6.29 Å². The third-order valence-electron chi connectivity index (χ3n) is 1.71. The Hall–Kier alpha value is -1.82. The predicted molar refractivity (Wildman–Crippen MR) is 47.8 cm³/mol. The van der Waals surface area contributed by atoms with Gasteiger partial charge in [0.1, 0.15) is 11.8 Å². The molecule has 0 aliphatic carbocycles. The molecule has 0 aliphatic rings. The number of carbonyl (C=O) groups is 1. The van der Waals surface area contributed by atoms with E-state index in [0.717, 1.165) is 5.56 Å². The van der Waals surface area contributed by atoms with Crippen molar-refractivity contribution in [2.75, 3.05) is 7.11 Å². The highest BCUT2D eigenvalue weighted by Crippen LogP contribution is 2.23. The van der Waals surface area contributed by atoms with Gasteiger partial charge in [-0.25, -0.2) is 0 Å². The molecule has 1 rings (SSSR count). The standard InChI is InChI=1S/C10H9NO2/c1-7-3-8(5-11)10(13-2)9(4-7)6-12/h3-4,6H,1-2H3. The highest BCUT2D eigenvalue weighted by atomic mass is 16.5. The van der Waals surface area contributed by atoms with Crippen LogP contribution in [0.25, 0.3) is 0 Å². The van der Waals surface area contributed by atoms with E-state index in [2.05, 4.69) is 0 Å². The zero-order chi connectivity index (χ0) is 9.84. The van der Waals surface area contributed by atoms with Crippen molar-refractivity contribution in [2.45, 2.75) is 6.92 Å². The number of methoxy groups -OCH3 is 1. The fraction of sp³-hybridized carbons (Fsp3) is 0.200. The fourth-order valence-corrected chi connectivity index (χ4v) is 1.20. The molecule has 0 aliphatic heterocycles. The van der Waals surface area contributed by atoms with E-state index < -0.39 is 0 Å². The molecule has 0 fully saturated rings. The molecule has 0 N–H and O–H groups in total. The molecule has 0 saturated carbocycles. The van der Waals surface area contributed by atoms with Crippen LogP contribution in [0, 0.1) is 18.3 Å². The molecule has 1 aromatic rings. The first kappa shape index (κ1) is 9.27. The van der Waals surface area contributed by atoms with Crippen LogP contribution in [0.5, 0.6) is 5.75 Å². The molecule has 0 heterocycles. The lowest BCUT2D eigenvalue weighted by molar-refractivity contribution is 0.112. The Morgan fingerprint density at radius 2 is 2.23 bits per heavy atom. The normalized spacial score (nSPS) is 9.00. The van der Waals surface area contributed by atoms with Gasteiger partial charge in [-0.15, -0.1) is 0 Å². The number of benzene rings is 1. The number of aldehydes is 1. The van der Waals surface area contributed by atoms with Crippen LogP contribution in [-0.2, 0) is 0 Å². The Morgan fingerprint density at radius 3 is 2.69 bits per heavy atom. The van der Waals surface area contributed by atoms with Gasteiger partial charge in [-0.2, -0.15) is 5.26 Å². The van der Waals surface area contributed by atoms with Gasteiger partial charge >= 0.3 is 0 Å². The zero-order valence-corrected chi connectivity index (χ0v) is 7.50. The summed E-state index contributed by atoms with van der Waals surface area (Å²) in [6.07, 6.45) is 0.687. The zero-order valence-electron chi connectivity index (χ0n) is 7.50. The maximum Gasteiger partial charge on any atom is 0.153 e. The number of hydrogen-bond acceptors (Lipinski definition) is 3. The Morgan fingerprint density at radius 1 is 1.54 bits per heavy atom. The first-order valence-corrected chi connectivity index (χ1v) is 3.77. The maximum absolute atomic E-state index is 10.6. The lowest BCUT2D eigenvalue weighted by atomic mass is 10.1. The maximum atomic E-state index is 10.6. The summed E-state index contributed by atoms with van der Waals surface area (Å²) in [6, 6.07) is 5.35. The highest BCUT2D eigenvalue weighted by molar-refractivity contribution is 5.81. The summed E-state index contributed by atoms with van der Waals surface area (Å²) in [7, 11) is 1.44. The van der Waals surface area contributed by atoms with Gasteiger partial charge in [-0.3, -0.25) is 4.79 Å². The van der Waals surface area contributed by atoms with Crippen LogP contribution in [0.4, 0.5) is 0 Å². The molecule has 0 radical (unpaired) electrons. The molecule has 0 saturated heterocycles. The highest BCUT2D eigenvalue weighted by Gasteiger charge is 2.08.